The van der Waals surface area contributed by atoms with E-state index in [1.807, 2.05) is 38.1 Å². The molecule has 1 amide bonds. The van der Waals surface area contributed by atoms with Gasteiger partial charge in [0.1, 0.15) is 11.7 Å². The average molecular weight is 412 g/mol. The van der Waals surface area contributed by atoms with Gasteiger partial charge < -0.3 is 20.1 Å². The molecule has 1 aromatic carbocycles. The number of hydrogen-bond donors (Lipinski definition) is 1. The van der Waals surface area contributed by atoms with Gasteiger partial charge in [-0.2, -0.15) is 0 Å². The standard InChI is InChI=1S/C23H29N3O4/c1-5-18(27)17-11-19(22(24)25-12-17)30-20-13-26(14-23(20,3)29-4)21(28)10-16-8-6-15(2)7-9-16/h6-9,11-12,20H,5,10,13-14H2,1-4H3,(H2,24,25). The van der Waals surface area contributed by atoms with Gasteiger partial charge in [-0.05, 0) is 25.5 Å². The lowest BCUT2D eigenvalue weighted by Crippen LogP contribution is -2.44. The lowest BCUT2D eigenvalue weighted by Gasteiger charge is -2.29. The molecule has 0 bridgehead atoms. The van der Waals surface area contributed by atoms with Crippen molar-refractivity contribution in [3.05, 3.63) is 53.2 Å². The minimum atomic E-state index is -0.708. The van der Waals surface area contributed by atoms with Crippen molar-refractivity contribution in [1.29, 1.82) is 0 Å². The van der Waals surface area contributed by atoms with Crippen molar-refractivity contribution in [3.8, 4) is 5.75 Å². The first kappa shape index (κ1) is 21.8. The molecule has 2 N–H and O–H groups in total. The van der Waals surface area contributed by atoms with Crippen molar-refractivity contribution >= 4 is 17.5 Å². The topological polar surface area (TPSA) is 94.8 Å². The van der Waals surface area contributed by atoms with Gasteiger partial charge in [0.05, 0.1) is 19.5 Å². The van der Waals surface area contributed by atoms with Crippen LogP contribution < -0.4 is 10.5 Å². The second kappa shape index (κ2) is 8.83. The normalized spacial score (nSPS) is 20.9. The molecule has 3 rings (SSSR count). The highest BCUT2D eigenvalue weighted by atomic mass is 16.5. The van der Waals surface area contributed by atoms with E-state index >= 15 is 0 Å². The Balaban J connectivity index is 1.76. The fourth-order valence-electron chi connectivity index (χ4n) is 3.54. The number of benzene rings is 1. The summed E-state index contributed by atoms with van der Waals surface area (Å²) in [6.07, 6.45) is 1.69. The Morgan fingerprint density at radius 1 is 1.30 bits per heavy atom. The highest BCUT2D eigenvalue weighted by molar-refractivity contribution is 5.96. The van der Waals surface area contributed by atoms with Crippen LogP contribution in [0.1, 0.15) is 41.8 Å². The zero-order valence-electron chi connectivity index (χ0n) is 18.0. The number of carbonyl (C=O) groups is 2. The first-order valence-electron chi connectivity index (χ1n) is 10.1. The first-order chi connectivity index (χ1) is 14.3. The Labute approximate surface area is 177 Å². The van der Waals surface area contributed by atoms with E-state index in [1.165, 1.54) is 6.20 Å². The number of amides is 1. The molecule has 7 nitrogen and oxygen atoms in total. The summed E-state index contributed by atoms with van der Waals surface area (Å²) in [6, 6.07) is 9.54. The molecule has 0 aliphatic carbocycles. The van der Waals surface area contributed by atoms with E-state index in [0.717, 1.165) is 11.1 Å². The molecular formula is C23H29N3O4. The zero-order chi connectivity index (χ0) is 21.9. The monoisotopic (exact) mass is 411 g/mol. The summed E-state index contributed by atoms with van der Waals surface area (Å²) in [7, 11) is 1.60. The number of ketones is 1. The number of likely N-dealkylation sites (tertiary alicyclic amines) is 1. The van der Waals surface area contributed by atoms with Crippen LogP contribution in [0, 0.1) is 6.92 Å². The van der Waals surface area contributed by atoms with Crippen LogP contribution in [0.2, 0.25) is 0 Å². The molecule has 1 aromatic heterocycles. The van der Waals surface area contributed by atoms with Crippen LogP contribution in [0.3, 0.4) is 0 Å². The number of nitrogen functional groups attached to an aromatic ring is 1. The Morgan fingerprint density at radius 2 is 2.00 bits per heavy atom. The van der Waals surface area contributed by atoms with E-state index in [9.17, 15) is 9.59 Å². The van der Waals surface area contributed by atoms with Gasteiger partial charge in [0, 0.05) is 25.3 Å². The summed E-state index contributed by atoms with van der Waals surface area (Å²) >= 11 is 0. The van der Waals surface area contributed by atoms with E-state index in [4.69, 9.17) is 15.2 Å². The molecule has 1 aliphatic rings. The predicted octanol–water partition coefficient (Wildman–Crippen LogP) is 2.80. The van der Waals surface area contributed by atoms with Gasteiger partial charge in [-0.25, -0.2) is 4.98 Å². The number of carbonyl (C=O) groups excluding carboxylic acids is 2. The summed E-state index contributed by atoms with van der Waals surface area (Å²) < 4.78 is 11.9. The molecule has 7 heteroatoms. The smallest absolute Gasteiger partial charge is 0.227 e. The van der Waals surface area contributed by atoms with Crippen LogP contribution in [0.15, 0.2) is 36.5 Å². The number of rotatable bonds is 7. The van der Waals surface area contributed by atoms with Crippen molar-refractivity contribution < 1.29 is 19.1 Å². The third kappa shape index (κ3) is 4.62. The van der Waals surface area contributed by atoms with E-state index < -0.39 is 11.7 Å². The van der Waals surface area contributed by atoms with Gasteiger partial charge in [-0.15, -0.1) is 0 Å². The number of pyridine rings is 1. The minimum Gasteiger partial charge on any atom is -0.482 e. The van der Waals surface area contributed by atoms with E-state index in [-0.39, 0.29) is 17.5 Å². The highest BCUT2D eigenvalue weighted by Gasteiger charge is 2.47. The van der Waals surface area contributed by atoms with Gasteiger partial charge in [-0.1, -0.05) is 36.8 Å². The van der Waals surface area contributed by atoms with Gasteiger partial charge in [0.25, 0.3) is 0 Å². The summed E-state index contributed by atoms with van der Waals surface area (Å²) in [6.45, 7) is 6.47. The van der Waals surface area contributed by atoms with Gasteiger partial charge >= 0.3 is 0 Å². The maximum Gasteiger partial charge on any atom is 0.227 e. The Kier molecular flexibility index (Phi) is 6.41. The van der Waals surface area contributed by atoms with Crippen LogP contribution >= 0.6 is 0 Å². The van der Waals surface area contributed by atoms with Crippen molar-refractivity contribution in [2.24, 2.45) is 0 Å². The predicted molar refractivity (Wildman–Crippen MR) is 115 cm³/mol. The number of Topliss-reactive ketones (excluding diaryl/α,β-unsaturated/α-hetero) is 1. The maximum atomic E-state index is 12.9. The van der Waals surface area contributed by atoms with Crippen LogP contribution in [0.25, 0.3) is 0 Å². The fourth-order valence-corrected chi connectivity index (χ4v) is 3.54. The molecule has 1 aliphatic heterocycles. The molecule has 0 saturated carbocycles. The number of hydrogen-bond acceptors (Lipinski definition) is 6. The van der Waals surface area contributed by atoms with Crippen LogP contribution in [0.5, 0.6) is 5.75 Å². The summed E-state index contributed by atoms with van der Waals surface area (Å²) in [5, 5.41) is 0. The number of nitrogens with zero attached hydrogens (tertiary/aromatic N) is 2. The van der Waals surface area contributed by atoms with E-state index in [2.05, 4.69) is 4.98 Å². The highest BCUT2D eigenvalue weighted by Crippen LogP contribution is 2.32. The lowest BCUT2D eigenvalue weighted by molar-refractivity contribution is -0.130. The lowest BCUT2D eigenvalue weighted by atomic mass is 10.0. The molecule has 2 heterocycles. The van der Waals surface area contributed by atoms with Crippen LogP contribution in [-0.4, -0.2) is 53.5 Å². The molecule has 2 aromatic rings. The molecule has 2 atom stereocenters. The average Bonchev–Trinajstić information content (AvgIpc) is 3.07. The summed E-state index contributed by atoms with van der Waals surface area (Å²) in [5.41, 5.74) is 7.84. The van der Waals surface area contributed by atoms with Crippen molar-refractivity contribution in [2.45, 2.75) is 45.3 Å². The maximum absolute atomic E-state index is 12.9. The zero-order valence-corrected chi connectivity index (χ0v) is 18.0. The van der Waals surface area contributed by atoms with Crippen LogP contribution in [0.4, 0.5) is 5.82 Å². The van der Waals surface area contributed by atoms with Gasteiger partial charge in [0.2, 0.25) is 5.91 Å². The Bertz CT molecular complexity index is 929. The second-order valence-corrected chi connectivity index (χ2v) is 7.94. The largest absolute Gasteiger partial charge is 0.482 e. The SMILES string of the molecule is CCC(=O)c1cnc(N)c(OC2CN(C(=O)Cc3ccc(C)cc3)CC2(C)OC)c1. The molecule has 0 radical (unpaired) electrons. The van der Waals surface area contributed by atoms with E-state index in [0.29, 0.717) is 37.2 Å². The number of nitrogens with two attached hydrogens (primary N) is 1. The van der Waals surface area contributed by atoms with Crippen molar-refractivity contribution in [2.75, 3.05) is 25.9 Å². The number of anilines is 1. The van der Waals surface area contributed by atoms with Crippen molar-refractivity contribution in [3.63, 3.8) is 0 Å². The van der Waals surface area contributed by atoms with Gasteiger partial charge in [0.15, 0.2) is 17.4 Å². The molecule has 1 saturated heterocycles. The molecule has 30 heavy (non-hydrogen) atoms. The molecule has 160 valence electrons. The Hall–Kier alpha value is -2.93. The number of ether oxygens (including phenoxy) is 2. The summed E-state index contributed by atoms with van der Waals surface area (Å²) in [5.74, 6) is 0.498. The quantitative estimate of drug-likeness (QED) is 0.704. The number of aryl methyl sites for hydroxylation is 1. The molecular weight excluding hydrogens is 382 g/mol. The second-order valence-electron chi connectivity index (χ2n) is 7.94. The first-order valence-corrected chi connectivity index (χ1v) is 10.1. The minimum absolute atomic E-state index is 0.00855. The number of methoxy groups -OCH3 is 1. The van der Waals surface area contributed by atoms with Gasteiger partial charge in [-0.3, -0.25) is 9.59 Å². The third-order valence-electron chi connectivity index (χ3n) is 5.66. The van der Waals surface area contributed by atoms with Crippen LogP contribution in [-0.2, 0) is 16.0 Å². The molecule has 2 unspecified atom stereocenters. The Morgan fingerprint density at radius 3 is 2.63 bits per heavy atom. The molecule has 0 spiro atoms. The van der Waals surface area contributed by atoms with Crippen molar-refractivity contribution in [1.82, 2.24) is 9.88 Å². The third-order valence-corrected chi connectivity index (χ3v) is 5.66. The fraction of sp³-hybridized carbons (Fsp3) is 0.435. The summed E-state index contributed by atoms with van der Waals surface area (Å²) in [4.78, 5) is 30.7. The number of aromatic nitrogens is 1. The molecule has 1 fully saturated rings. The van der Waals surface area contributed by atoms with E-state index in [1.54, 1.807) is 25.0 Å².